The molecule has 0 unspecified atom stereocenters. The van der Waals surface area contributed by atoms with Crippen LogP contribution in [0.15, 0.2) is 53.4 Å². The van der Waals surface area contributed by atoms with Crippen molar-refractivity contribution in [2.24, 2.45) is 5.92 Å². The van der Waals surface area contributed by atoms with Crippen LogP contribution >= 0.6 is 0 Å². The fourth-order valence-electron chi connectivity index (χ4n) is 4.40. The number of benzene rings is 2. The van der Waals surface area contributed by atoms with E-state index in [4.69, 9.17) is 4.74 Å². The summed E-state index contributed by atoms with van der Waals surface area (Å²) >= 11 is 0. The van der Waals surface area contributed by atoms with Crippen LogP contribution in [0.5, 0.6) is 5.88 Å². The van der Waals surface area contributed by atoms with Gasteiger partial charge < -0.3 is 15.4 Å². The summed E-state index contributed by atoms with van der Waals surface area (Å²) in [5, 5.41) is 6.07. The molecule has 34 heavy (non-hydrogen) atoms. The number of ether oxygens (including phenoxy) is 1. The number of sulfonamides is 1. The average molecular weight is 480 g/mol. The number of nitrogens with one attached hydrogen (secondary N) is 3. The molecule has 0 radical (unpaired) electrons. The summed E-state index contributed by atoms with van der Waals surface area (Å²) in [6, 6.07) is 13.7. The molecule has 3 heterocycles. The van der Waals surface area contributed by atoms with Crippen LogP contribution in [0.3, 0.4) is 0 Å². The molecule has 3 aromatic rings. The van der Waals surface area contributed by atoms with Gasteiger partial charge in [-0.05, 0) is 49.6 Å². The summed E-state index contributed by atoms with van der Waals surface area (Å²) < 4.78 is 34.9. The molecular formula is C24H25N5O4S. The highest BCUT2D eigenvalue weighted by molar-refractivity contribution is 7.92. The zero-order valence-corrected chi connectivity index (χ0v) is 19.6. The van der Waals surface area contributed by atoms with Crippen molar-refractivity contribution < 1.29 is 17.9 Å². The molecule has 6 bridgehead atoms. The molecule has 1 fully saturated rings. The van der Waals surface area contributed by atoms with Crippen LogP contribution in [0.1, 0.15) is 17.5 Å². The number of nitrogens with zero attached hydrogens (tertiary/aromatic N) is 2. The van der Waals surface area contributed by atoms with Gasteiger partial charge in [-0.3, -0.25) is 4.79 Å². The van der Waals surface area contributed by atoms with Gasteiger partial charge in [0.15, 0.2) is 0 Å². The number of anilines is 2. The number of fused-ring (bicyclic) bond motifs is 6. The molecule has 5 rings (SSSR count). The maximum absolute atomic E-state index is 13.1. The van der Waals surface area contributed by atoms with Crippen molar-refractivity contribution in [1.82, 2.24) is 15.3 Å². The third kappa shape index (κ3) is 4.46. The van der Waals surface area contributed by atoms with Crippen LogP contribution in [-0.2, 0) is 14.8 Å². The largest absolute Gasteiger partial charge is 0.473 e. The van der Waals surface area contributed by atoms with Crippen LogP contribution in [0, 0.1) is 19.8 Å². The quantitative estimate of drug-likeness (QED) is 0.491. The minimum atomic E-state index is -4.02. The molecule has 2 aliphatic rings. The molecular weight excluding hydrogens is 454 g/mol. The van der Waals surface area contributed by atoms with Gasteiger partial charge in [-0.15, -0.1) is 0 Å². The maximum Gasteiger partial charge on any atom is 0.264 e. The molecule has 176 valence electrons. The van der Waals surface area contributed by atoms with E-state index in [0.29, 0.717) is 30.9 Å². The second-order valence-electron chi connectivity index (χ2n) is 8.64. The summed E-state index contributed by atoms with van der Waals surface area (Å²) in [5.74, 6) is -0.370. The number of hydrogen-bond donors (Lipinski definition) is 3. The van der Waals surface area contributed by atoms with Crippen molar-refractivity contribution >= 4 is 27.6 Å². The number of hydrogen-bond acceptors (Lipinski definition) is 7. The fraction of sp³-hybridized carbons (Fsp3) is 0.292. The number of aryl methyl sites for hydroxylation is 2. The number of rotatable bonds is 1. The Morgan fingerprint density at radius 3 is 2.56 bits per heavy atom. The predicted octanol–water partition coefficient (Wildman–Crippen LogP) is 2.87. The van der Waals surface area contributed by atoms with Gasteiger partial charge in [-0.2, -0.15) is 4.98 Å². The molecule has 9 nitrogen and oxygen atoms in total. The number of carbonyl (C=O) groups is 1. The van der Waals surface area contributed by atoms with Gasteiger partial charge in [-0.1, -0.05) is 24.3 Å². The summed E-state index contributed by atoms with van der Waals surface area (Å²) in [7, 11) is -4.02. The van der Waals surface area contributed by atoms with Crippen LogP contribution in [0.4, 0.5) is 11.6 Å². The van der Waals surface area contributed by atoms with E-state index in [1.54, 1.807) is 18.2 Å². The van der Waals surface area contributed by atoms with Crippen LogP contribution in [-0.4, -0.2) is 43.5 Å². The molecule has 3 N–H and O–H groups in total. The summed E-state index contributed by atoms with van der Waals surface area (Å²) in [6.07, 6.45) is 0.187. The topological polar surface area (TPSA) is 122 Å². The van der Waals surface area contributed by atoms with E-state index in [1.165, 1.54) is 12.1 Å². The van der Waals surface area contributed by atoms with E-state index < -0.39 is 10.0 Å². The van der Waals surface area contributed by atoms with Gasteiger partial charge in [0.05, 0.1) is 16.5 Å². The van der Waals surface area contributed by atoms with Gasteiger partial charge in [0, 0.05) is 30.4 Å². The Bertz CT molecular complexity index is 1360. The molecule has 10 heteroatoms. The molecule has 1 amide bonds. The van der Waals surface area contributed by atoms with Crippen molar-refractivity contribution in [3.05, 3.63) is 59.7 Å². The second-order valence-corrected chi connectivity index (χ2v) is 10.3. The van der Waals surface area contributed by atoms with Crippen molar-refractivity contribution in [2.45, 2.75) is 31.3 Å². The first-order valence-electron chi connectivity index (χ1n) is 11.1. The first-order chi connectivity index (χ1) is 16.3. The van der Waals surface area contributed by atoms with E-state index in [1.807, 2.05) is 32.0 Å². The third-order valence-corrected chi connectivity index (χ3v) is 7.37. The second kappa shape index (κ2) is 8.69. The van der Waals surface area contributed by atoms with E-state index in [2.05, 4.69) is 25.3 Å². The molecule has 1 aromatic heterocycles. The van der Waals surface area contributed by atoms with Crippen molar-refractivity contribution in [3.8, 4) is 17.1 Å². The van der Waals surface area contributed by atoms with Gasteiger partial charge in [0.2, 0.25) is 17.7 Å². The Balaban J connectivity index is 1.65. The van der Waals surface area contributed by atoms with Gasteiger partial charge >= 0.3 is 0 Å². The Kier molecular flexibility index (Phi) is 5.70. The molecule has 0 saturated carbocycles. The lowest BCUT2D eigenvalue weighted by Crippen LogP contribution is -2.46. The normalized spacial score (nSPS) is 21.4. The molecule has 0 spiro atoms. The Labute approximate surface area is 198 Å². The van der Waals surface area contributed by atoms with Crippen LogP contribution in [0.25, 0.3) is 11.3 Å². The molecule has 2 atom stereocenters. The molecule has 1 saturated heterocycles. The average Bonchev–Trinajstić information content (AvgIpc) is 2.78. The first kappa shape index (κ1) is 22.3. The highest BCUT2D eigenvalue weighted by atomic mass is 32.2. The summed E-state index contributed by atoms with van der Waals surface area (Å²) in [5.41, 5.74) is 3.83. The molecule has 0 aliphatic carbocycles. The smallest absolute Gasteiger partial charge is 0.264 e. The van der Waals surface area contributed by atoms with Gasteiger partial charge in [0.25, 0.3) is 10.0 Å². The lowest BCUT2D eigenvalue weighted by atomic mass is 9.96. The van der Waals surface area contributed by atoms with Crippen molar-refractivity contribution in [2.75, 3.05) is 23.1 Å². The fourth-order valence-corrected chi connectivity index (χ4v) is 5.39. The van der Waals surface area contributed by atoms with Gasteiger partial charge in [0.1, 0.15) is 6.10 Å². The lowest BCUT2D eigenvalue weighted by Gasteiger charge is -2.29. The maximum atomic E-state index is 13.1. The lowest BCUT2D eigenvalue weighted by molar-refractivity contribution is -0.121. The highest BCUT2D eigenvalue weighted by Crippen LogP contribution is 2.30. The minimum Gasteiger partial charge on any atom is -0.473 e. The summed E-state index contributed by atoms with van der Waals surface area (Å²) in [4.78, 5) is 21.7. The van der Waals surface area contributed by atoms with Crippen LogP contribution in [0.2, 0.25) is 0 Å². The monoisotopic (exact) mass is 479 g/mol. The Hall–Kier alpha value is -3.50. The van der Waals surface area contributed by atoms with E-state index in [0.717, 1.165) is 16.7 Å². The molecule has 2 aromatic carbocycles. The zero-order valence-electron chi connectivity index (χ0n) is 18.8. The van der Waals surface area contributed by atoms with Crippen molar-refractivity contribution in [1.29, 1.82) is 0 Å². The zero-order chi connectivity index (χ0) is 23.9. The highest BCUT2D eigenvalue weighted by Gasteiger charge is 2.30. The molecule has 2 aliphatic heterocycles. The van der Waals surface area contributed by atoms with Crippen LogP contribution < -0.4 is 20.1 Å². The first-order valence-corrected chi connectivity index (χ1v) is 12.5. The number of amides is 1. The van der Waals surface area contributed by atoms with Crippen molar-refractivity contribution in [3.63, 3.8) is 0 Å². The SMILES string of the molecule is Cc1cccc(C)c1-c1cc2nc(n1)NS(=O)(=O)c1cccc(c1)NC(=O)[C@H]1CNC[C@@H](C1)O2. The Morgan fingerprint density at radius 1 is 1.00 bits per heavy atom. The number of carbonyl (C=O) groups excluding carboxylic acids is 1. The number of aromatic nitrogens is 2. The van der Waals surface area contributed by atoms with E-state index in [9.17, 15) is 13.2 Å². The van der Waals surface area contributed by atoms with E-state index >= 15 is 0 Å². The number of piperidine rings is 1. The van der Waals surface area contributed by atoms with E-state index in [-0.39, 0.29) is 34.7 Å². The summed E-state index contributed by atoms with van der Waals surface area (Å²) in [6.45, 7) is 5.00. The predicted molar refractivity (Wildman–Crippen MR) is 128 cm³/mol. The Morgan fingerprint density at radius 2 is 1.76 bits per heavy atom. The van der Waals surface area contributed by atoms with Gasteiger partial charge in [-0.25, -0.2) is 18.1 Å². The third-order valence-electron chi connectivity index (χ3n) is 6.05. The minimum absolute atomic E-state index is 0.00875. The standard InChI is InChI=1S/C24H25N5O4S/c1-14-5-3-6-15(2)22(14)20-11-21-28-24(27-20)29-34(31,32)19-8-4-7-17(10-19)26-23(30)16-9-18(33-21)13-25-12-16/h3-8,10-11,16,18,25H,9,12-13H2,1-2H3,(H,26,30)(H,27,28,29)/t16-,18-/m1/s1.